The largest absolute Gasteiger partial charge is 0.485 e. The standard InChI is InChI=1S/C27H22N2O7/c1-16(17-5-3-2-4-6-17)34-27(32)29-21-14-28-36-25(21)19-9-7-18(8-10-19)20-11-12-22-23(13-20)33-15-24(35-22)26(30)31/h2-14,16,24H,15H2,1H3,(H,29,32)(H,30,31). The van der Waals surface area contributed by atoms with Gasteiger partial charge in [-0.25, -0.2) is 9.59 Å². The van der Waals surface area contributed by atoms with Gasteiger partial charge in [0.2, 0.25) is 6.10 Å². The van der Waals surface area contributed by atoms with Crippen LogP contribution in [0.5, 0.6) is 11.5 Å². The SMILES string of the molecule is CC(OC(=O)Nc1cnoc1-c1ccc(-c2ccc3c(c2)OCC(C(=O)O)O3)cc1)c1ccccc1. The van der Waals surface area contributed by atoms with Crippen LogP contribution in [0.3, 0.4) is 0 Å². The predicted molar refractivity (Wildman–Crippen MR) is 130 cm³/mol. The Kier molecular flexibility index (Phi) is 6.27. The van der Waals surface area contributed by atoms with E-state index in [-0.39, 0.29) is 6.61 Å². The molecule has 1 aliphatic rings. The maximum absolute atomic E-state index is 12.4. The Bertz CT molecular complexity index is 1380. The van der Waals surface area contributed by atoms with Crippen LogP contribution in [-0.4, -0.2) is 35.0 Å². The lowest BCUT2D eigenvalue weighted by Crippen LogP contribution is -2.36. The minimum Gasteiger partial charge on any atom is -0.485 e. The minimum atomic E-state index is -1.07. The zero-order valence-electron chi connectivity index (χ0n) is 19.2. The van der Waals surface area contributed by atoms with E-state index < -0.39 is 24.3 Å². The number of carboxylic acid groups (broad SMARTS) is 1. The maximum atomic E-state index is 12.4. The fourth-order valence-electron chi connectivity index (χ4n) is 3.82. The number of hydrogen-bond acceptors (Lipinski definition) is 7. The molecule has 3 aromatic carbocycles. The fraction of sp³-hybridized carbons (Fsp3) is 0.148. The molecule has 0 spiro atoms. The Morgan fingerprint density at radius 3 is 2.47 bits per heavy atom. The van der Waals surface area contributed by atoms with Crippen LogP contribution in [-0.2, 0) is 9.53 Å². The van der Waals surface area contributed by atoms with E-state index in [9.17, 15) is 9.59 Å². The molecule has 1 aliphatic heterocycles. The van der Waals surface area contributed by atoms with Crippen LogP contribution in [0.2, 0.25) is 0 Å². The van der Waals surface area contributed by atoms with Crippen LogP contribution in [0.25, 0.3) is 22.5 Å². The number of ether oxygens (including phenoxy) is 3. The highest BCUT2D eigenvalue weighted by Crippen LogP contribution is 2.37. The van der Waals surface area contributed by atoms with Crippen molar-refractivity contribution in [3.8, 4) is 33.9 Å². The molecule has 5 rings (SSSR count). The number of carbonyl (C=O) groups is 2. The van der Waals surface area contributed by atoms with Gasteiger partial charge >= 0.3 is 12.1 Å². The maximum Gasteiger partial charge on any atom is 0.412 e. The molecular weight excluding hydrogens is 464 g/mol. The number of rotatable bonds is 6. The summed E-state index contributed by atoms with van der Waals surface area (Å²) in [5, 5.41) is 15.6. The molecule has 1 aromatic heterocycles. The summed E-state index contributed by atoms with van der Waals surface area (Å²) in [5.41, 5.74) is 3.75. The molecule has 0 fully saturated rings. The molecular formula is C27H22N2O7. The first-order valence-electron chi connectivity index (χ1n) is 11.2. The van der Waals surface area contributed by atoms with E-state index in [1.807, 2.05) is 60.7 Å². The number of carbonyl (C=O) groups excluding carboxylic acids is 1. The molecule has 2 N–H and O–H groups in total. The molecule has 0 bridgehead atoms. The zero-order valence-corrected chi connectivity index (χ0v) is 19.2. The Labute approximate surface area is 206 Å². The van der Waals surface area contributed by atoms with E-state index in [0.29, 0.717) is 28.5 Å². The molecule has 0 radical (unpaired) electrons. The van der Waals surface area contributed by atoms with Gasteiger partial charge < -0.3 is 23.8 Å². The van der Waals surface area contributed by atoms with E-state index in [4.69, 9.17) is 23.8 Å². The first kappa shape index (κ1) is 23.0. The van der Waals surface area contributed by atoms with Gasteiger partial charge in [0.1, 0.15) is 18.4 Å². The zero-order chi connectivity index (χ0) is 25.1. The number of benzene rings is 3. The smallest absolute Gasteiger partial charge is 0.412 e. The Hall–Kier alpha value is -4.79. The Balaban J connectivity index is 1.28. The second kappa shape index (κ2) is 9.83. The molecule has 1 amide bonds. The fourth-order valence-corrected chi connectivity index (χ4v) is 3.82. The highest BCUT2D eigenvalue weighted by Gasteiger charge is 2.27. The van der Waals surface area contributed by atoms with Crippen LogP contribution in [0.4, 0.5) is 10.5 Å². The number of amides is 1. The van der Waals surface area contributed by atoms with Crippen molar-refractivity contribution in [1.82, 2.24) is 5.16 Å². The Morgan fingerprint density at radius 2 is 1.72 bits per heavy atom. The summed E-state index contributed by atoms with van der Waals surface area (Å²) < 4.78 is 21.9. The quantitative estimate of drug-likeness (QED) is 0.364. The van der Waals surface area contributed by atoms with Gasteiger partial charge in [0.25, 0.3) is 0 Å². The van der Waals surface area contributed by atoms with Crippen LogP contribution in [0, 0.1) is 0 Å². The first-order valence-corrected chi connectivity index (χ1v) is 11.2. The number of carboxylic acids is 1. The topological polar surface area (TPSA) is 120 Å². The molecule has 36 heavy (non-hydrogen) atoms. The summed E-state index contributed by atoms with van der Waals surface area (Å²) in [7, 11) is 0. The van der Waals surface area contributed by atoms with Gasteiger partial charge in [-0.3, -0.25) is 5.32 Å². The van der Waals surface area contributed by atoms with Gasteiger partial charge in [-0.1, -0.05) is 65.8 Å². The minimum absolute atomic E-state index is 0.0570. The average molecular weight is 486 g/mol. The molecule has 0 saturated heterocycles. The number of hydrogen-bond donors (Lipinski definition) is 2. The van der Waals surface area contributed by atoms with Crippen molar-refractivity contribution >= 4 is 17.7 Å². The van der Waals surface area contributed by atoms with Crippen molar-refractivity contribution in [1.29, 1.82) is 0 Å². The summed E-state index contributed by atoms with van der Waals surface area (Å²) >= 11 is 0. The molecule has 0 saturated carbocycles. The highest BCUT2D eigenvalue weighted by atomic mass is 16.6. The molecule has 0 aliphatic carbocycles. The van der Waals surface area contributed by atoms with Gasteiger partial charge in [-0.15, -0.1) is 0 Å². The second-order valence-electron chi connectivity index (χ2n) is 8.15. The lowest BCUT2D eigenvalue weighted by atomic mass is 10.0. The van der Waals surface area contributed by atoms with E-state index >= 15 is 0 Å². The van der Waals surface area contributed by atoms with Crippen molar-refractivity contribution < 1.29 is 33.4 Å². The van der Waals surface area contributed by atoms with E-state index in [1.165, 1.54) is 6.20 Å². The number of nitrogens with zero attached hydrogens (tertiary/aromatic N) is 1. The Morgan fingerprint density at radius 1 is 1.00 bits per heavy atom. The van der Waals surface area contributed by atoms with Gasteiger partial charge in [0.15, 0.2) is 17.3 Å². The summed E-state index contributed by atoms with van der Waals surface area (Å²) in [5.74, 6) is 0.201. The van der Waals surface area contributed by atoms with Gasteiger partial charge in [-0.05, 0) is 35.7 Å². The predicted octanol–water partition coefficient (Wildman–Crippen LogP) is 5.54. The van der Waals surface area contributed by atoms with Crippen molar-refractivity contribution in [2.24, 2.45) is 0 Å². The van der Waals surface area contributed by atoms with Gasteiger partial charge in [0, 0.05) is 5.56 Å². The molecule has 9 heteroatoms. The third-order valence-electron chi connectivity index (χ3n) is 5.72. The van der Waals surface area contributed by atoms with Crippen LogP contribution < -0.4 is 14.8 Å². The lowest BCUT2D eigenvalue weighted by molar-refractivity contribution is -0.147. The summed E-state index contributed by atoms with van der Waals surface area (Å²) in [6.07, 6.45) is -0.641. The third kappa shape index (κ3) is 4.85. The third-order valence-corrected chi connectivity index (χ3v) is 5.72. The number of nitrogens with one attached hydrogen (secondary N) is 1. The number of aliphatic carboxylic acids is 1. The van der Waals surface area contributed by atoms with Gasteiger partial charge in [-0.2, -0.15) is 0 Å². The second-order valence-corrected chi connectivity index (χ2v) is 8.15. The van der Waals surface area contributed by atoms with Gasteiger partial charge in [0.05, 0.1) is 6.20 Å². The van der Waals surface area contributed by atoms with Crippen LogP contribution in [0.15, 0.2) is 83.5 Å². The van der Waals surface area contributed by atoms with Crippen molar-refractivity contribution in [3.05, 3.63) is 84.6 Å². The summed E-state index contributed by atoms with van der Waals surface area (Å²) in [4.78, 5) is 23.6. The molecule has 4 aromatic rings. The van der Waals surface area contributed by atoms with Crippen LogP contribution in [0.1, 0.15) is 18.6 Å². The number of aromatic nitrogens is 1. The average Bonchev–Trinajstić information content (AvgIpc) is 3.36. The first-order chi connectivity index (χ1) is 17.5. The molecule has 2 heterocycles. The van der Waals surface area contributed by atoms with Crippen molar-refractivity contribution in [2.45, 2.75) is 19.1 Å². The van der Waals surface area contributed by atoms with E-state index in [1.54, 1.807) is 19.1 Å². The van der Waals surface area contributed by atoms with Crippen LogP contribution >= 0.6 is 0 Å². The molecule has 9 nitrogen and oxygen atoms in total. The molecule has 182 valence electrons. The van der Waals surface area contributed by atoms with E-state index in [0.717, 1.165) is 16.7 Å². The number of anilines is 1. The summed E-state index contributed by atoms with van der Waals surface area (Å²) in [6.45, 7) is 1.74. The number of fused-ring (bicyclic) bond motifs is 1. The van der Waals surface area contributed by atoms with Crippen molar-refractivity contribution in [2.75, 3.05) is 11.9 Å². The normalized spacial score (nSPS) is 15.1. The summed E-state index contributed by atoms with van der Waals surface area (Å²) in [6, 6.07) is 22.2. The van der Waals surface area contributed by atoms with Crippen molar-refractivity contribution in [3.63, 3.8) is 0 Å². The monoisotopic (exact) mass is 486 g/mol. The molecule has 2 atom stereocenters. The lowest BCUT2D eigenvalue weighted by Gasteiger charge is -2.24. The highest BCUT2D eigenvalue weighted by molar-refractivity contribution is 5.89. The van der Waals surface area contributed by atoms with E-state index in [2.05, 4.69) is 10.5 Å². The molecule has 2 unspecified atom stereocenters.